The van der Waals surface area contributed by atoms with Gasteiger partial charge in [0.15, 0.2) is 0 Å². The average molecular weight is 2190 g/mol. The van der Waals surface area contributed by atoms with Gasteiger partial charge in [0.25, 0.3) is 0 Å². The molecule has 0 aromatic carbocycles. The van der Waals surface area contributed by atoms with Gasteiger partial charge in [0, 0.05) is 93.4 Å². The van der Waals surface area contributed by atoms with Gasteiger partial charge < -0.3 is 57.3 Å². The quantitative estimate of drug-likeness (QED) is 0.0238. The largest absolute Gasteiger partial charge is 0.466 e. The van der Waals surface area contributed by atoms with Gasteiger partial charge in [0.05, 0.1) is 96.9 Å². The molecule has 0 saturated carbocycles. The van der Waals surface area contributed by atoms with E-state index in [1.807, 2.05) is 0 Å². The molecule has 866 valence electrons. The van der Waals surface area contributed by atoms with Crippen molar-refractivity contribution in [2.75, 3.05) is 153 Å². The first-order valence-corrected chi connectivity index (χ1v) is 69.0. The summed E-state index contributed by atoms with van der Waals surface area (Å²) in [6.45, 7) is 20.7. The first-order valence-electron chi connectivity index (χ1n) is 61.5. The van der Waals surface area contributed by atoms with Crippen molar-refractivity contribution >= 4 is 118 Å². The van der Waals surface area contributed by atoms with Crippen LogP contribution in [0.15, 0.2) is 0 Å². The average Bonchev–Trinajstić information content (AvgIpc) is 0.901. The highest BCUT2D eigenvalue weighted by atomic mass is 33.1. The molecule has 0 amide bonds. The summed E-state index contributed by atoms with van der Waals surface area (Å²) >= 11 is 0. The molecule has 0 atom stereocenters. The van der Waals surface area contributed by atoms with E-state index in [4.69, 9.17) is 42.6 Å². The zero-order valence-electron chi connectivity index (χ0n) is 95.8. The predicted molar refractivity (Wildman–Crippen MR) is 630 cm³/mol. The number of hydrogen-bond donors (Lipinski definition) is 0. The Hall–Kier alpha value is -2.79. The van der Waals surface area contributed by atoms with Crippen molar-refractivity contribution in [3.8, 4) is 0 Å². The lowest BCUT2D eigenvalue weighted by molar-refractivity contribution is -0.158. The molecule has 21 nitrogen and oxygen atoms in total. The first kappa shape index (κ1) is 144. The maximum absolute atomic E-state index is 14.1. The van der Waals surface area contributed by atoms with Crippen LogP contribution in [0.4, 0.5) is 0 Å². The molecule has 0 N–H and O–H groups in total. The monoisotopic (exact) mass is 2190 g/mol. The van der Waals surface area contributed by atoms with E-state index >= 15 is 0 Å². The molecule has 0 fully saturated rings. The Balaban J connectivity index is 6.17. The Kier molecular flexibility index (Phi) is 118. The lowest BCUT2D eigenvalue weighted by Crippen LogP contribution is -2.31. The maximum Gasteiger partial charge on any atom is 0.310 e. The highest BCUT2D eigenvalue weighted by molar-refractivity contribution is 8.77. The smallest absolute Gasteiger partial charge is 0.310 e. The zero-order chi connectivity index (χ0) is 107. The third kappa shape index (κ3) is 113. The molecule has 0 aliphatic rings. The molecule has 0 heterocycles. The van der Waals surface area contributed by atoms with Gasteiger partial charge in [-0.3, -0.25) is 43.2 Å². The number of carbonyl (C=O) groups is 9. The van der Waals surface area contributed by atoms with E-state index in [1.54, 1.807) is 32.4 Å². The predicted octanol–water partition coefficient (Wildman–Crippen LogP) is 33.9. The van der Waals surface area contributed by atoms with E-state index in [1.165, 1.54) is 379 Å². The minimum atomic E-state index is -1.17. The van der Waals surface area contributed by atoms with Crippen LogP contribution in [0.3, 0.4) is 0 Å². The summed E-state index contributed by atoms with van der Waals surface area (Å²) in [4.78, 5) is 126. The Morgan fingerprint density at radius 2 is 0.293 bits per heavy atom. The van der Waals surface area contributed by atoms with E-state index in [9.17, 15) is 43.2 Å². The van der Waals surface area contributed by atoms with Gasteiger partial charge in [0.2, 0.25) is 0 Å². The summed E-state index contributed by atoms with van der Waals surface area (Å²) in [6.07, 6.45) is 89.2. The molecule has 147 heavy (non-hydrogen) atoms. The minimum Gasteiger partial charge on any atom is -0.466 e. The lowest BCUT2D eigenvalue weighted by atomic mass is 10.0. The van der Waals surface area contributed by atoms with Crippen LogP contribution >= 0.6 is 64.8 Å². The van der Waals surface area contributed by atoms with Crippen LogP contribution in [-0.2, 0) is 85.8 Å². The van der Waals surface area contributed by atoms with E-state index in [0.29, 0.717) is 133 Å². The number of esters is 9. The van der Waals surface area contributed by atoms with E-state index in [-0.39, 0.29) is 94.2 Å². The number of carbonyl (C=O) groups excluding carboxylic acids is 9. The molecular weight excluding hydrogens is 1960 g/mol. The molecule has 27 heteroatoms. The SMILES string of the molecule is CCCCCCCCCCCCCCOC(=O)CCN(CCSSCCOC(=O)CC(CC(=O)OCCSSCCN(CCC(=O)OCCCCCCCCCCCCCC)CCC(=O)OCCCCCCCCCCCCCC)C(=O)OCCSSCCN(CCC(=O)OCCCCCCCCCCCCCC)CCC(=O)OCCCCCCCCCCCCCC)CCC(=O)OCCCCCCCCCCCCCC. The van der Waals surface area contributed by atoms with Crippen molar-refractivity contribution in [1.29, 1.82) is 0 Å². The van der Waals surface area contributed by atoms with E-state index in [0.717, 1.165) is 116 Å². The zero-order valence-corrected chi connectivity index (χ0v) is 101. The summed E-state index contributed by atoms with van der Waals surface area (Å²) in [5.41, 5.74) is 0. The highest BCUT2D eigenvalue weighted by Crippen LogP contribution is 2.28. The Labute approximate surface area is 926 Å². The summed E-state index contributed by atoms with van der Waals surface area (Å²) in [6, 6.07) is 0. The van der Waals surface area contributed by atoms with Crippen LogP contribution in [0.2, 0.25) is 0 Å². The van der Waals surface area contributed by atoms with Gasteiger partial charge in [-0.1, -0.05) is 530 Å². The first-order chi connectivity index (χ1) is 72.2. The number of nitrogens with zero attached hydrogens (tertiary/aromatic N) is 3. The molecule has 0 unspecified atom stereocenters. The topological polar surface area (TPSA) is 246 Å². The number of ether oxygens (including phenoxy) is 9. The lowest BCUT2D eigenvalue weighted by Gasteiger charge is -2.21. The Morgan fingerprint density at radius 3 is 0.456 bits per heavy atom. The van der Waals surface area contributed by atoms with Gasteiger partial charge in [-0.25, -0.2) is 0 Å². The maximum atomic E-state index is 14.1. The van der Waals surface area contributed by atoms with Crippen LogP contribution in [0.25, 0.3) is 0 Å². The molecule has 0 aromatic rings. The van der Waals surface area contributed by atoms with Crippen LogP contribution in [0.5, 0.6) is 0 Å². The van der Waals surface area contributed by atoms with Gasteiger partial charge in [-0.15, -0.1) is 0 Å². The summed E-state index contributed by atoms with van der Waals surface area (Å²) in [5.74, 6) is -1.26. The normalized spacial score (nSPS) is 11.6. The van der Waals surface area contributed by atoms with Crippen LogP contribution in [0, 0.1) is 5.92 Å². The van der Waals surface area contributed by atoms with Crippen LogP contribution < -0.4 is 0 Å². The number of hydrogen-bond acceptors (Lipinski definition) is 27. The van der Waals surface area contributed by atoms with Crippen LogP contribution in [-0.4, -0.2) is 221 Å². The highest BCUT2D eigenvalue weighted by Gasteiger charge is 2.29. The summed E-state index contributed by atoms with van der Waals surface area (Å²) in [7, 11) is 9.38. The second-order valence-corrected chi connectivity index (χ2v) is 49.4. The summed E-state index contributed by atoms with van der Waals surface area (Å²) < 4.78 is 51.5. The standard InChI is InChI=1S/C120H227N3O18S6/c1-7-13-19-25-31-37-43-49-55-61-67-73-94-133-112(124)79-85-121(86-80-113(125)134-95-74-68-62-56-50-44-38-32-26-20-14-8-2)91-103-142-145-106-100-139-118(130)109-111(120(132)141-102-108-147-144-105-93-123(89-83-116(128)137-98-77-71-65-59-53-47-41-35-29-23-17-11-5)90-84-117(129)138-99-78-72-66-60-54-48-42-36-30-24-18-12-6)110-119(131)140-101-107-146-143-104-92-122(87-81-114(126)135-96-75-69-63-57-51-45-39-33-27-21-15-9-3)88-82-115(127)136-97-76-70-64-58-52-46-40-34-28-22-16-10-4/h111H,7-110H2,1-6H3. The molecule has 0 bridgehead atoms. The van der Waals surface area contributed by atoms with Crippen LogP contribution in [0.1, 0.15) is 555 Å². The molecule has 0 aromatic heterocycles. The molecule has 0 rings (SSSR count). The fraction of sp³-hybridized carbons (Fsp3) is 0.925. The minimum absolute atomic E-state index is 0.0217. The van der Waals surface area contributed by atoms with Crippen molar-refractivity contribution < 1.29 is 85.8 Å². The molecule has 0 spiro atoms. The molecule has 0 saturated heterocycles. The summed E-state index contributed by atoms with van der Waals surface area (Å²) in [5, 5.41) is 0. The van der Waals surface area contributed by atoms with Crippen molar-refractivity contribution in [2.45, 2.75) is 555 Å². The molecule has 0 aliphatic heterocycles. The van der Waals surface area contributed by atoms with Crippen molar-refractivity contribution in [3.05, 3.63) is 0 Å². The fourth-order valence-corrected chi connectivity index (χ4v) is 23.6. The Morgan fingerprint density at radius 1 is 0.156 bits per heavy atom. The second kappa shape index (κ2) is 120. The third-order valence-electron chi connectivity index (χ3n) is 27.5. The fourth-order valence-electron chi connectivity index (χ4n) is 18.0. The molecular formula is C120H227N3O18S6. The van der Waals surface area contributed by atoms with Gasteiger partial charge in [-0.05, 0) is 38.5 Å². The van der Waals surface area contributed by atoms with Crippen molar-refractivity contribution in [1.82, 2.24) is 14.7 Å². The number of rotatable bonds is 122. The second-order valence-electron chi connectivity index (χ2n) is 41.3. The van der Waals surface area contributed by atoms with E-state index < -0.39 is 36.7 Å². The third-order valence-corrected chi connectivity index (χ3v) is 34.6. The van der Waals surface area contributed by atoms with Gasteiger partial charge in [-0.2, -0.15) is 0 Å². The van der Waals surface area contributed by atoms with Crippen molar-refractivity contribution in [2.24, 2.45) is 5.92 Å². The van der Waals surface area contributed by atoms with E-state index in [2.05, 4.69) is 56.2 Å². The Bertz CT molecular complexity index is 2620. The molecule has 0 radical (unpaired) electrons. The van der Waals surface area contributed by atoms with Gasteiger partial charge >= 0.3 is 53.7 Å². The van der Waals surface area contributed by atoms with Crippen molar-refractivity contribution in [3.63, 3.8) is 0 Å². The molecule has 0 aliphatic carbocycles. The van der Waals surface area contributed by atoms with Gasteiger partial charge in [0.1, 0.15) is 19.8 Å². The number of unbranched alkanes of at least 4 members (excludes halogenated alkanes) is 66.